The lowest BCUT2D eigenvalue weighted by molar-refractivity contribution is -0.0846. The highest BCUT2D eigenvalue weighted by atomic mass is 16.5. The Morgan fingerprint density at radius 1 is 1.47 bits per heavy atom. The van der Waals surface area contributed by atoms with Crippen molar-refractivity contribution < 1.29 is 4.74 Å². The van der Waals surface area contributed by atoms with Crippen LogP contribution in [0.2, 0.25) is 0 Å². The van der Waals surface area contributed by atoms with E-state index in [1.165, 1.54) is 5.70 Å². The maximum absolute atomic E-state index is 9.41. The lowest BCUT2D eigenvalue weighted by Gasteiger charge is -2.38. The quantitative estimate of drug-likeness (QED) is 0.745. The predicted octanol–water partition coefficient (Wildman–Crippen LogP) is 1.11. The Morgan fingerprint density at radius 3 is 2.59 bits per heavy atom. The molecular weight excluding hydrogens is 214 g/mol. The third kappa shape index (κ3) is 2.46. The number of nitrogens with zero attached hydrogens (tertiary/aromatic N) is 2. The molecule has 17 heavy (non-hydrogen) atoms. The molecule has 2 atom stereocenters. The molecule has 2 heterocycles. The maximum Gasteiger partial charge on any atom is 0.0970 e. The van der Waals surface area contributed by atoms with E-state index in [2.05, 4.69) is 30.1 Å². The number of allylic oxidation sites excluding steroid dienone is 1. The number of nitriles is 1. The maximum atomic E-state index is 9.41. The average Bonchev–Trinajstić information content (AvgIpc) is 2.37. The smallest absolute Gasteiger partial charge is 0.0970 e. The minimum atomic E-state index is 0.203. The monoisotopic (exact) mass is 235 g/mol. The molecule has 2 unspecified atom stereocenters. The Kier molecular flexibility index (Phi) is 4.03. The van der Waals surface area contributed by atoms with E-state index in [1.807, 2.05) is 0 Å². The number of rotatable bonds is 3. The normalized spacial score (nSPS) is 30.3. The zero-order valence-corrected chi connectivity index (χ0v) is 10.7. The van der Waals surface area contributed by atoms with Crippen LogP contribution in [-0.2, 0) is 4.74 Å². The zero-order valence-electron chi connectivity index (χ0n) is 10.7. The summed E-state index contributed by atoms with van der Waals surface area (Å²) in [5.41, 5.74) is 2.18. The van der Waals surface area contributed by atoms with Gasteiger partial charge in [0.1, 0.15) is 0 Å². The molecule has 0 aliphatic carbocycles. The van der Waals surface area contributed by atoms with Crippen LogP contribution in [0.4, 0.5) is 0 Å². The molecule has 0 aromatic rings. The topological polar surface area (TPSA) is 48.3 Å². The van der Waals surface area contributed by atoms with E-state index in [1.54, 1.807) is 0 Å². The summed E-state index contributed by atoms with van der Waals surface area (Å²) in [5.74, 6) is 0.310. The second-order valence-electron chi connectivity index (χ2n) is 4.71. The Hall–Kier alpha value is -1.05. The molecule has 0 bridgehead atoms. The fourth-order valence-electron chi connectivity index (χ4n) is 2.58. The molecule has 0 saturated carbocycles. The number of hydrogen-bond donors (Lipinski definition) is 1. The molecule has 0 amide bonds. The molecule has 0 aromatic heterocycles. The van der Waals surface area contributed by atoms with E-state index >= 15 is 0 Å². The van der Waals surface area contributed by atoms with Gasteiger partial charge < -0.3 is 15.0 Å². The summed E-state index contributed by atoms with van der Waals surface area (Å²) in [7, 11) is 0. The average molecular weight is 235 g/mol. The second kappa shape index (κ2) is 5.52. The van der Waals surface area contributed by atoms with Crippen molar-refractivity contribution in [2.75, 3.05) is 32.8 Å². The van der Waals surface area contributed by atoms with Gasteiger partial charge in [-0.15, -0.1) is 0 Å². The highest BCUT2D eigenvalue weighted by Crippen LogP contribution is 2.31. The lowest BCUT2D eigenvalue weighted by Crippen LogP contribution is -2.45. The van der Waals surface area contributed by atoms with Crippen molar-refractivity contribution in [1.29, 1.82) is 5.26 Å². The number of piperazine rings is 1. The van der Waals surface area contributed by atoms with Crippen molar-refractivity contribution in [3.8, 4) is 6.07 Å². The largest absolute Gasteiger partial charge is 0.377 e. The first-order valence-electron chi connectivity index (χ1n) is 6.48. The van der Waals surface area contributed by atoms with Crippen LogP contribution >= 0.6 is 0 Å². The predicted molar refractivity (Wildman–Crippen MR) is 66.3 cm³/mol. The minimum absolute atomic E-state index is 0.203. The van der Waals surface area contributed by atoms with Gasteiger partial charge in [-0.1, -0.05) is 6.92 Å². The summed E-state index contributed by atoms with van der Waals surface area (Å²) in [4.78, 5) is 2.36. The van der Waals surface area contributed by atoms with Crippen LogP contribution in [0, 0.1) is 17.2 Å². The minimum Gasteiger partial charge on any atom is -0.377 e. The molecule has 0 spiro atoms. The van der Waals surface area contributed by atoms with Crippen LogP contribution < -0.4 is 5.32 Å². The summed E-state index contributed by atoms with van der Waals surface area (Å²) < 4.78 is 5.39. The molecule has 2 aliphatic heterocycles. The zero-order chi connectivity index (χ0) is 12.3. The Balaban J connectivity index is 2.19. The van der Waals surface area contributed by atoms with Gasteiger partial charge >= 0.3 is 0 Å². The number of ether oxygens (including phenoxy) is 1. The van der Waals surface area contributed by atoms with E-state index in [-0.39, 0.29) is 6.10 Å². The molecule has 2 saturated heterocycles. The van der Waals surface area contributed by atoms with Crippen LogP contribution in [0.1, 0.15) is 20.3 Å². The van der Waals surface area contributed by atoms with Crippen molar-refractivity contribution in [3.63, 3.8) is 0 Å². The van der Waals surface area contributed by atoms with Crippen LogP contribution in [0.15, 0.2) is 11.3 Å². The van der Waals surface area contributed by atoms with Gasteiger partial charge in [-0.3, -0.25) is 0 Å². The van der Waals surface area contributed by atoms with Gasteiger partial charge in [-0.05, 0) is 13.3 Å². The second-order valence-corrected chi connectivity index (χ2v) is 4.71. The first-order chi connectivity index (χ1) is 8.27. The molecule has 2 rings (SSSR count). The summed E-state index contributed by atoms with van der Waals surface area (Å²) in [5, 5.41) is 12.8. The molecule has 4 nitrogen and oxygen atoms in total. The van der Waals surface area contributed by atoms with Gasteiger partial charge in [0.25, 0.3) is 0 Å². The van der Waals surface area contributed by atoms with E-state index < -0.39 is 0 Å². The van der Waals surface area contributed by atoms with E-state index in [9.17, 15) is 5.26 Å². The van der Waals surface area contributed by atoms with Gasteiger partial charge in [-0.25, -0.2) is 0 Å². The first-order valence-corrected chi connectivity index (χ1v) is 6.48. The fourth-order valence-corrected chi connectivity index (χ4v) is 2.58. The molecule has 1 N–H and O–H groups in total. The van der Waals surface area contributed by atoms with Crippen molar-refractivity contribution in [1.82, 2.24) is 10.2 Å². The Morgan fingerprint density at radius 2 is 2.18 bits per heavy atom. The molecule has 2 fully saturated rings. The van der Waals surface area contributed by atoms with Crippen LogP contribution in [0.3, 0.4) is 0 Å². The molecule has 2 aliphatic rings. The van der Waals surface area contributed by atoms with E-state index in [4.69, 9.17) is 4.74 Å². The molecular formula is C13H21N3O. The van der Waals surface area contributed by atoms with Crippen LogP contribution in [-0.4, -0.2) is 43.8 Å². The van der Waals surface area contributed by atoms with Crippen molar-refractivity contribution >= 4 is 0 Å². The fraction of sp³-hybridized carbons (Fsp3) is 0.769. The van der Waals surface area contributed by atoms with Crippen molar-refractivity contribution in [2.24, 2.45) is 5.92 Å². The number of nitrogens with one attached hydrogen (secondary N) is 1. The lowest BCUT2D eigenvalue weighted by atomic mass is 9.88. The van der Waals surface area contributed by atoms with Gasteiger partial charge in [0.15, 0.2) is 0 Å². The van der Waals surface area contributed by atoms with E-state index in [0.29, 0.717) is 12.5 Å². The van der Waals surface area contributed by atoms with Gasteiger partial charge in [0.05, 0.1) is 24.4 Å². The number of hydrogen-bond acceptors (Lipinski definition) is 4. The summed E-state index contributed by atoms with van der Waals surface area (Å²) in [6.45, 7) is 8.94. The Bertz CT molecular complexity index is 339. The van der Waals surface area contributed by atoms with Gasteiger partial charge in [-0.2, -0.15) is 5.26 Å². The Labute approximate surface area is 103 Å². The SMILES string of the molecule is CC/C(=C(/C#N)C1COC1C)N1CCNCC1. The summed E-state index contributed by atoms with van der Waals surface area (Å²) in [6.07, 6.45) is 1.14. The van der Waals surface area contributed by atoms with Gasteiger partial charge in [0.2, 0.25) is 0 Å². The van der Waals surface area contributed by atoms with Gasteiger partial charge in [0, 0.05) is 37.8 Å². The third-order valence-corrected chi connectivity index (χ3v) is 3.74. The molecule has 94 valence electrons. The summed E-state index contributed by atoms with van der Waals surface area (Å²) >= 11 is 0. The van der Waals surface area contributed by atoms with Crippen molar-refractivity contribution in [2.45, 2.75) is 26.4 Å². The molecule has 0 aromatic carbocycles. The summed E-state index contributed by atoms with van der Waals surface area (Å²) in [6, 6.07) is 2.42. The third-order valence-electron chi connectivity index (χ3n) is 3.74. The van der Waals surface area contributed by atoms with E-state index in [0.717, 1.165) is 38.2 Å². The highest BCUT2D eigenvalue weighted by molar-refractivity contribution is 5.32. The van der Waals surface area contributed by atoms with Crippen LogP contribution in [0.25, 0.3) is 0 Å². The van der Waals surface area contributed by atoms with Crippen LogP contribution in [0.5, 0.6) is 0 Å². The standard InChI is InChI=1S/C13H21N3O/c1-3-13(16-6-4-15-5-7-16)11(8-14)12-9-17-10(12)2/h10,12,15H,3-7,9H2,1-2H3/b13-11+. The van der Waals surface area contributed by atoms with Crippen molar-refractivity contribution in [3.05, 3.63) is 11.3 Å². The first kappa shape index (κ1) is 12.4. The highest BCUT2D eigenvalue weighted by Gasteiger charge is 2.34. The molecule has 4 heteroatoms. The molecule has 0 radical (unpaired) electrons.